The lowest BCUT2D eigenvalue weighted by atomic mass is 10.0. The van der Waals surface area contributed by atoms with Crippen molar-refractivity contribution in [2.45, 2.75) is 113 Å². The number of alkyl halides is 3. The lowest BCUT2D eigenvalue weighted by Gasteiger charge is -2.31. The van der Waals surface area contributed by atoms with E-state index < -0.39 is 145 Å². The van der Waals surface area contributed by atoms with Gasteiger partial charge in [-0.05, 0) is 55.4 Å². The molecule has 2 saturated heterocycles. The minimum Gasteiger partial charge on any atom is -0.508 e. The van der Waals surface area contributed by atoms with E-state index in [-0.39, 0.29) is 74.8 Å². The standard InChI is InChI=1S/C46H63N13O13S2.C2HF3O2/c47-35(61)22-32-43(70)58-33(45(72)59-18-5-9-34(59)44(71)55-28(8-4-17-51-46(49)50)39(66)52-23-36(48)62)24-74-73-19-16-37(63)53-30(21-26-10-12-27(60)13-11-26)41(68)56-31(20-25-6-2-1-3-7-25)42(69)54-29(40(67)57-32)14-15-38(64)65;3-2(4,5)1(6)7/h1-3,6-7,10-13,28-34,60H,4-5,8-9,14-24H2,(H2,47,61)(H2,48,62)(H,52,66)(H,53,63)(H,54,69)(H,55,71)(H,56,68)(H,57,67)(H,58,70)(H,64,65)(H4,49,50,51);(H,6,7)/t28-,29+,30+,31+,32+,33+,34+;/m1./s1. The van der Waals surface area contributed by atoms with Crippen LogP contribution in [0.5, 0.6) is 5.75 Å². The van der Waals surface area contributed by atoms with Gasteiger partial charge in [-0.2, -0.15) is 13.2 Å². The zero-order valence-electron chi connectivity index (χ0n) is 43.2. The lowest BCUT2D eigenvalue weighted by Crippen LogP contribution is -2.61. The van der Waals surface area contributed by atoms with Gasteiger partial charge < -0.3 is 80.4 Å². The maximum atomic E-state index is 14.5. The van der Waals surface area contributed by atoms with Crippen molar-refractivity contribution in [2.75, 3.05) is 31.1 Å². The molecular formula is C48H64F3N13O15S2. The topological polar surface area (TPSA) is 469 Å². The number of benzene rings is 2. The van der Waals surface area contributed by atoms with Gasteiger partial charge in [0.2, 0.25) is 59.1 Å². The largest absolute Gasteiger partial charge is 0.508 e. The minimum atomic E-state index is -5.08. The van der Waals surface area contributed by atoms with Gasteiger partial charge in [0, 0.05) is 50.3 Å². The summed E-state index contributed by atoms with van der Waals surface area (Å²) in [7, 11) is 2.17. The van der Waals surface area contributed by atoms with Crippen LogP contribution >= 0.6 is 21.6 Å². The number of primary amides is 2. The number of likely N-dealkylation sites (tertiary alicyclic amines) is 1. The molecule has 2 aliphatic rings. The number of aliphatic imine (C=N–C) groups is 1. The number of hydrogen-bond acceptors (Lipinski definition) is 16. The number of carbonyl (C=O) groups excluding carboxylic acids is 10. The molecule has 0 spiro atoms. The van der Waals surface area contributed by atoms with Crippen LogP contribution in [0.1, 0.15) is 62.5 Å². The van der Waals surface area contributed by atoms with Gasteiger partial charge in [0.1, 0.15) is 48.0 Å². The molecule has 33 heteroatoms. The smallest absolute Gasteiger partial charge is 0.490 e. The summed E-state index contributed by atoms with van der Waals surface area (Å²) in [4.78, 5) is 161. The first-order valence-corrected chi connectivity index (χ1v) is 27.2. The Morgan fingerprint density at radius 3 is 1.90 bits per heavy atom. The van der Waals surface area contributed by atoms with Gasteiger partial charge in [-0.15, -0.1) is 0 Å². The fourth-order valence-electron chi connectivity index (χ4n) is 7.76. The minimum absolute atomic E-state index is 0.00665. The predicted molar refractivity (Wildman–Crippen MR) is 284 cm³/mol. The summed E-state index contributed by atoms with van der Waals surface area (Å²) in [5.74, 6) is -13.3. The van der Waals surface area contributed by atoms with E-state index in [2.05, 4.69) is 42.2 Å². The van der Waals surface area contributed by atoms with Gasteiger partial charge in [-0.25, -0.2) is 4.79 Å². The van der Waals surface area contributed by atoms with Gasteiger partial charge >= 0.3 is 18.1 Å². The number of aliphatic carboxylic acids is 2. The van der Waals surface area contributed by atoms with Crippen molar-refractivity contribution >= 4 is 98.6 Å². The summed E-state index contributed by atoms with van der Waals surface area (Å²) in [5.41, 5.74) is 22.6. The molecule has 2 aromatic rings. The molecular weight excluding hydrogens is 1120 g/mol. The molecule has 10 amide bonds. The summed E-state index contributed by atoms with van der Waals surface area (Å²) in [6.45, 7) is -0.422. The first kappa shape index (κ1) is 66.9. The molecule has 4 rings (SSSR count). The van der Waals surface area contributed by atoms with Crippen molar-refractivity contribution in [1.29, 1.82) is 0 Å². The van der Waals surface area contributed by atoms with Crippen LogP contribution in [0.15, 0.2) is 59.6 Å². The van der Waals surface area contributed by atoms with E-state index >= 15 is 0 Å². The van der Waals surface area contributed by atoms with E-state index in [0.29, 0.717) is 17.5 Å². The number of amides is 10. The SMILES string of the molecule is NC(=O)CNC(=O)[C@@H](CCCN=C(N)N)NC(=O)[C@@H]1CCCN1C(=O)[C@@H]1CSSCCC(=O)N[C@@H](Cc2ccc(O)cc2)C(=O)N[C@@H](Cc2ccccc2)C(=O)N[C@@H](CCC(=O)O)C(=O)N[C@@H](CC(N)=O)C(=O)N1.O=C(O)C(F)(F)F. The van der Waals surface area contributed by atoms with Crippen molar-refractivity contribution < 1.29 is 86.0 Å². The van der Waals surface area contributed by atoms with Crippen LogP contribution in [0, 0.1) is 0 Å². The van der Waals surface area contributed by atoms with Crippen molar-refractivity contribution in [2.24, 2.45) is 27.9 Å². The molecule has 0 unspecified atom stereocenters. The Kier molecular flexibility index (Phi) is 27.5. The van der Waals surface area contributed by atoms with Crippen LogP contribution in [0.2, 0.25) is 0 Å². The Labute approximate surface area is 468 Å². The highest BCUT2D eigenvalue weighted by Gasteiger charge is 2.41. The zero-order valence-corrected chi connectivity index (χ0v) is 44.9. The quantitative estimate of drug-likeness (QED) is 0.0287. The maximum Gasteiger partial charge on any atom is 0.490 e. The second-order valence-electron chi connectivity index (χ2n) is 18.1. The lowest BCUT2D eigenvalue weighted by molar-refractivity contribution is -0.192. The number of carbonyl (C=O) groups is 12. The van der Waals surface area contributed by atoms with Gasteiger partial charge in [0.15, 0.2) is 5.96 Å². The Balaban J connectivity index is 0.00000230. The number of phenols is 1. The van der Waals surface area contributed by atoms with Crippen LogP contribution in [0.25, 0.3) is 0 Å². The van der Waals surface area contributed by atoms with Gasteiger partial charge in [-0.3, -0.25) is 57.7 Å². The third-order valence-corrected chi connectivity index (χ3v) is 14.1. The van der Waals surface area contributed by atoms with E-state index in [1.807, 2.05) is 0 Å². The summed E-state index contributed by atoms with van der Waals surface area (Å²) in [6.07, 6.45) is -6.87. The normalized spacial score (nSPS) is 20.8. The summed E-state index contributed by atoms with van der Waals surface area (Å²) in [6, 6.07) is 4.21. The molecule has 81 heavy (non-hydrogen) atoms. The molecule has 0 aromatic heterocycles. The number of halogens is 3. The van der Waals surface area contributed by atoms with E-state index in [4.69, 9.17) is 32.8 Å². The number of aromatic hydroxyl groups is 1. The average molecular weight is 1180 g/mol. The Morgan fingerprint density at radius 1 is 0.753 bits per heavy atom. The van der Waals surface area contributed by atoms with Crippen LogP contribution in [0.4, 0.5) is 13.2 Å². The summed E-state index contributed by atoms with van der Waals surface area (Å²) < 4.78 is 31.7. The first-order chi connectivity index (χ1) is 38.1. The third-order valence-electron chi connectivity index (χ3n) is 11.7. The fourth-order valence-corrected chi connectivity index (χ4v) is 9.91. The second-order valence-corrected chi connectivity index (χ2v) is 20.7. The van der Waals surface area contributed by atoms with Crippen LogP contribution in [0.3, 0.4) is 0 Å². The van der Waals surface area contributed by atoms with Crippen molar-refractivity contribution in [3.8, 4) is 5.75 Å². The molecule has 0 bridgehead atoms. The zero-order chi connectivity index (χ0) is 60.4. The van der Waals surface area contributed by atoms with E-state index in [0.717, 1.165) is 21.6 Å². The summed E-state index contributed by atoms with van der Waals surface area (Å²) >= 11 is 0. The number of carboxylic acids is 2. The maximum absolute atomic E-state index is 14.5. The number of hydrogen-bond donors (Lipinski definition) is 14. The number of nitrogens with one attached hydrogen (secondary N) is 7. The Hall–Kier alpha value is -8.36. The summed E-state index contributed by atoms with van der Waals surface area (Å²) in [5, 5.41) is 44.3. The molecule has 2 heterocycles. The second kappa shape index (κ2) is 33.3. The van der Waals surface area contributed by atoms with Crippen molar-refractivity contribution in [3.63, 3.8) is 0 Å². The molecule has 7 atom stereocenters. The molecule has 444 valence electrons. The Morgan fingerprint density at radius 2 is 1.32 bits per heavy atom. The number of rotatable bonds is 19. The van der Waals surface area contributed by atoms with E-state index in [9.17, 15) is 76.1 Å². The predicted octanol–water partition coefficient (Wildman–Crippen LogP) is -3.11. The number of nitrogens with zero attached hydrogens (tertiary/aromatic N) is 2. The molecule has 28 nitrogen and oxygen atoms in total. The third kappa shape index (κ3) is 24.7. The van der Waals surface area contributed by atoms with E-state index in [1.54, 1.807) is 42.5 Å². The van der Waals surface area contributed by atoms with Gasteiger partial charge in [-0.1, -0.05) is 64.1 Å². The molecule has 18 N–H and O–H groups in total. The van der Waals surface area contributed by atoms with Gasteiger partial charge in [0.05, 0.1) is 13.0 Å². The molecule has 0 aliphatic carbocycles. The fraction of sp³-hybridized carbons (Fsp3) is 0.479. The first-order valence-electron chi connectivity index (χ1n) is 24.7. The number of guanidine groups is 1. The van der Waals surface area contributed by atoms with Crippen molar-refractivity contribution in [3.05, 3.63) is 65.7 Å². The van der Waals surface area contributed by atoms with Crippen molar-refractivity contribution in [1.82, 2.24) is 42.1 Å². The highest BCUT2D eigenvalue weighted by atomic mass is 33.1. The molecule has 0 saturated carbocycles. The van der Waals surface area contributed by atoms with Crippen LogP contribution in [-0.2, 0) is 70.4 Å². The van der Waals surface area contributed by atoms with E-state index in [1.165, 1.54) is 17.0 Å². The van der Waals surface area contributed by atoms with Crippen LogP contribution in [-0.4, -0.2) is 177 Å². The average Bonchev–Trinajstić information content (AvgIpc) is 3.89. The number of nitrogens with two attached hydrogens (primary N) is 4. The highest BCUT2D eigenvalue weighted by Crippen LogP contribution is 2.26. The number of carboxylic acid groups (broad SMARTS) is 2. The van der Waals surface area contributed by atoms with Gasteiger partial charge in [0.25, 0.3) is 0 Å². The number of phenolic OH excluding ortho intramolecular Hbond substituents is 1. The molecule has 2 aliphatic heterocycles. The molecule has 2 aromatic carbocycles. The Bertz CT molecular complexity index is 2600. The molecule has 0 radical (unpaired) electrons. The van der Waals surface area contributed by atoms with Crippen LogP contribution < -0.4 is 60.2 Å². The highest BCUT2D eigenvalue weighted by molar-refractivity contribution is 8.76. The monoisotopic (exact) mass is 1180 g/mol. The molecule has 2 fully saturated rings.